The molecule has 1 aromatic rings. The number of aromatic nitrogens is 1. The van der Waals surface area contributed by atoms with Crippen LogP contribution in [0.15, 0.2) is 12.1 Å². The summed E-state index contributed by atoms with van der Waals surface area (Å²) in [6.45, 7) is 6.74. The molecular formula is C15H24N4O2. The molecule has 1 aromatic heterocycles. The lowest BCUT2D eigenvalue weighted by Crippen LogP contribution is -2.50. The lowest BCUT2D eigenvalue weighted by atomic mass is 9.94. The molecule has 4 N–H and O–H groups in total. The van der Waals surface area contributed by atoms with E-state index in [2.05, 4.69) is 22.7 Å². The number of hydrogen-bond donors (Lipinski definition) is 3. The SMILES string of the molecule is CCCc1cc(C(=O)NC2(C)CCOC2C)cc(NN)n1. The monoisotopic (exact) mass is 292 g/mol. The predicted molar refractivity (Wildman–Crippen MR) is 81.9 cm³/mol. The van der Waals surface area contributed by atoms with Gasteiger partial charge in [0.1, 0.15) is 5.82 Å². The summed E-state index contributed by atoms with van der Waals surface area (Å²) in [5.74, 6) is 5.82. The Balaban J connectivity index is 2.20. The second-order valence-electron chi connectivity index (χ2n) is 5.76. The van der Waals surface area contributed by atoms with Crippen LogP contribution in [0.25, 0.3) is 0 Å². The minimum absolute atomic E-state index is 0.00510. The summed E-state index contributed by atoms with van der Waals surface area (Å²) in [5, 5.41) is 3.08. The van der Waals surface area contributed by atoms with E-state index in [1.54, 1.807) is 6.07 Å². The highest BCUT2D eigenvalue weighted by Crippen LogP contribution is 2.25. The number of rotatable bonds is 5. The minimum atomic E-state index is -0.332. The summed E-state index contributed by atoms with van der Waals surface area (Å²) in [7, 11) is 0. The van der Waals surface area contributed by atoms with Gasteiger partial charge in [0, 0.05) is 17.9 Å². The molecule has 6 heteroatoms. The van der Waals surface area contributed by atoms with E-state index in [0.29, 0.717) is 18.0 Å². The number of nitrogen functional groups attached to an aromatic ring is 1. The number of aryl methyl sites for hydroxylation is 1. The molecule has 6 nitrogen and oxygen atoms in total. The molecule has 2 atom stereocenters. The van der Waals surface area contributed by atoms with Gasteiger partial charge in [-0.05, 0) is 38.8 Å². The van der Waals surface area contributed by atoms with Crippen LogP contribution in [-0.2, 0) is 11.2 Å². The van der Waals surface area contributed by atoms with Crippen molar-refractivity contribution in [1.82, 2.24) is 10.3 Å². The van der Waals surface area contributed by atoms with E-state index in [9.17, 15) is 4.79 Å². The van der Waals surface area contributed by atoms with Gasteiger partial charge < -0.3 is 15.5 Å². The Morgan fingerprint density at radius 3 is 2.90 bits per heavy atom. The van der Waals surface area contributed by atoms with Gasteiger partial charge in [-0.1, -0.05) is 13.3 Å². The van der Waals surface area contributed by atoms with E-state index in [4.69, 9.17) is 10.6 Å². The van der Waals surface area contributed by atoms with Crippen molar-refractivity contribution >= 4 is 11.7 Å². The number of hydrazine groups is 1. The van der Waals surface area contributed by atoms with Crippen LogP contribution < -0.4 is 16.6 Å². The zero-order chi connectivity index (χ0) is 15.5. The molecular weight excluding hydrogens is 268 g/mol. The van der Waals surface area contributed by atoms with Gasteiger partial charge >= 0.3 is 0 Å². The number of amides is 1. The second kappa shape index (κ2) is 6.41. The van der Waals surface area contributed by atoms with Gasteiger partial charge in [-0.3, -0.25) is 4.79 Å². The number of anilines is 1. The molecule has 0 aromatic carbocycles. The van der Waals surface area contributed by atoms with Gasteiger partial charge in [0.25, 0.3) is 5.91 Å². The molecule has 0 bridgehead atoms. The Morgan fingerprint density at radius 2 is 2.33 bits per heavy atom. The van der Waals surface area contributed by atoms with Crippen LogP contribution in [0.5, 0.6) is 0 Å². The summed E-state index contributed by atoms with van der Waals surface area (Å²) < 4.78 is 5.55. The third-order valence-electron chi connectivity index (χ3n) is 4.08. The van der Waals surface area contributed by atoms with Crippen molar-refractivity contribution in [3.8, 4) is 0 Å². The van der Waals surface area contributed by atoms with Crippen molar-refractivity contribution in [2.45, 2.75) is 51.7 Å². The molecule has 2 unspecified atom stereocenters. The van der Waals surface area contributed by atoms with Crippen molar-refractivity contribution in [2.24, 2.45) is 5.84 Å². The maximum absolute atomic E-state index is 12.5. The van der Waals surface area contributed by atoms with E-state index in [-0.39, 0.29) is 17.6 Å². The molecule has 21 heavy (non-hydrogen) atoms. The van der Waals surface area contributed by atoms with Crippen molar-refractivity contribution in [1.29, 1.82) is 0 Å². The van der Waals surface area contributed by atoms with Crippen LogP contribution in [0, 0.1) is 0 Å². The lowest BCUT2D eigenvalue weighted by Gasteiger charge is -2.29. The smallest absolute Gasteiger partial charge is 0.251 e. The van der Waals surface area contributed by atoms with Crippen LogP contribution in [-0.4, -0.2) is 29.1 Å². The van der Waals surface area contributed by atoms with Crippen LogP contribution in [0.2, 0.25) is 0 Å². The lowest BCUT2D eigenvalue weighted by molar-refractivity contribution is 0.0727. The number of nitrogens with two attached hydrogens (primary N) is 1. The average Bonchev–Trinajstić information content (AvgIpc) is 2.78. The van der Waals surface area contributed by atoms with Gasteiger partial charge in [-0.25, -0.2) is 10.8 Å². The Kier molecular flexibility index (Phi) is 4.80. The zero-order valence-corrected chi connectivity index (χ0v) is 12.9. The summed E-state index contributed by atoms with van der Waals surface area (Å²) in [6.07, 6.45) is 2.59. The first kappa shape index (κ1) is 15.7. The van der Waals surface area contributed by atoms with Crippen LogP contribution >= 0.6 is 0 Å². The predicted octanol–water partition coefficient (Wildman–Crippen LogP) is 1.62. The van der Waals surface area contributed by atoms with Crippen LogP contribution in [0.1, 0.15) is 49.7 Å². The number of nitrogens with one attached hydrogen (secondary N) is 2. The standard InChI is InChI=1S/C15H24N4O2/c1-4-5-12-8-11(9-13(17-12)19-16)14(20)18-15(3)6-7-21-10(15)2/h8-10H,4-7,16H2,1-3H3,(H,17,19)(H,18,20). The highest BCUT2D eigenvalue weighted by molar-refractivity contribution is 5.95. The molecule has 0 radical (unpaired) electrons. The van der Waals surface area contributed by atoms with E-state index >= 15 is 0 Å². The van der Waals surface area contributed by atoms with E-state index in [1.807, 2.05) is 19.9 Å². The van der Waals surface area contributed by atoms with E-state index < -0.39 is 0 Å². The average molecular weight is 292 g/mol. The first-order valence-corrected chi connectivity index (χ1v) is 7.40. The van der Waals surface area contributed by atoms with Crippen molar-refractivity contribution in [2.75, 3.05) is 12.0 Å². The number of hydrogen-bond acceptors (Lipinski definition) is 5. The second-order valence-corrected chi connectivity index (χ2v) is 5.76. The topological polar surface area (TPSA) is 89.3 Å². The molecule has 0 aliphatic carbocycles. The van der Waals surface area contributed by atoms with E-state index in [0.717, 1.165) is 25.0 Å². The van der Waals surface area contributed by atoms with Gasteiger partial charge in [-0.15, -0.1) is 0 Å². The quantitative estimate of drug-likeness (QED) is 0.567. The molecule has 0 spiro atoms. The van der Waals surface area contributed by atoms with Crippen LogP contribution in [0.4, 0.5) is 5.82 Å². The first-order chi connectivity index (χ1) is 9.98. The van der Waals surface area contributed by atoms with Gasteiger partial charge in [0.15, 0.2) is 0 Å². The Labute approximate surface area is 125 Å². The third kappa shape index (κ3) is 3.51. The fourth-order valence-corrected chi connectivity index (χ4v) is 2.51. The molecule has 1 amide bonds. The summed E-state index contributed by atoms with van der Waals surface area (Å²) in [6, 6.07) is 3.49. The number of carbonyl (C=O) groups excluding carboxylic acids is 1. The van der Waals surface area contributed by atoms with Crippen LogP contribution in [0.3, 0.4) is 0 Å². The van der Waals surface area contributed by atoms with Crippen molar-refractivity contribution < 1.29 is 9.53 Å². The molecule has 116 valence electrons. The van der Waals surface area contributed by atoms with Gasteiger partial charge in [0.05, 0.1) is 11.6 Å². The summed E-state index contributed by atoms with van der Waals surface area (Å²) >= 11 is 0. The minimum Gasteiger partial charge on any atom is -0.376 e. The molecule has 1 aliphatic rings. The maximum Gasteiger partial charge on any atom is 0.251 e. The first-order valence-electron chi connectivity index (χ1n) is 7.40. The zero-order valence-electron chi connectivity index (χ0n) is 12.9. The Morgan fingerprint density at radius 1 is 1.57 bits per heavy atom. The maximum atomic E-state index is 12.5. The molecule has 1 fully saturated rings. The fraction of sp³-hybridized carbons (Fsp3) is 0.600. The molecule has 0 saturated carbocycles. The number of nitrogens with zero attached hydrogens (tertiary/aromatic N) is 1. The molecule has 2 rings (SSSR count). The fourth-order valence-electron chi connectivity index (χ4n) is 2.51. The van der Waals surface area contributed by atoms with Crippen molar-refractivity contribution in [3.05, 3.63) is 23.4 Å². The third-order valence-corrected chi connectivity index (χ3v) is 4.08. The number of pyridine rings is 1. The number of carbonyl (C=O) groups is 1. The van der Waals surface area contributed by atoms with Gasteiger partial charge in [0.2, 0.25) is 0 Å². The number of ether oxygens (including phenoxy) is 1. The molecule has 1 aliphatic heterocycles. The van der Waals surface area contributed by atoms with Gasteiger partial charge in [-0.2, -0.15) is 0 Å². The highest BCUT2D eigenvalue weighted by atomic mass is 16.5. The highest BCUT2D eigenvalue weighted by Gasteiger charge is 2.38. The van der Waals surface area contributed by atoms with E-state index in [1.165, 1.54) is 0 Å². The Hall–Kier alpha value is -1.66. The Bertz CT molecular complexity index is 520. The summed E-state index contributed by atoms with van der Waals surface area (Å²) in [4.78, 5) is 16.9. The molecule has 1 saturated heterocycles. The normalized spacial score (nSPS) is 24.9. The molecule has 2 heterocycles. The summed E-state index contributed by atoms with van der Waals surface area (Å²) in [5.41, 5.74) is 3.62. The van der Waals surface area contributed by atoms with Crippen molar-refractivity contribution in [3.63, 3.8) is 0 Å². The largest absolute Gasteiger partial charge is 0.376 e.